The van der Waals surface area contributed by atoms with Crippen molar-refractivity contribution in [2.45, 2.75) is 0 Å². The fraction of sp³-hybridized carbons (Fsp3) is 0.333. The largest absolute Gasteiger partial charge is 0.495 e. The summed E-state index contributed by atoms with van der Waals surface area (Å²) in [5, 5.41) is 6.99. The highest BCUT2D eigenvalue weighted by atomic mass is 35.5. The van der Waals surface area contributed by atoms with Crippen molar-refractivity contribution < 1.29 is 4.74 Å². The Morgan fingerprint density at radius 1 is 1.18 bits per heavy atom. The first kappa shape index (κ1) is 16.3. The molecular weight excluding hydrogens is 302 g/mol. The van der Waals surface area contributed by atoms with Gasteiger partial charge in [0.25, 0.3) is 0 Å². The molecule has 1 aromatic heterocycles. The number of likely N-dealkylation sites (N-methyl/N-ethyl adjacent to an activating group) is 1. The fourth-order valence-electron chi connectivity index (χ4n) is 1.82. The molecule has 2 N–H and O–H groups in total. The summed E-state index contributed by atoms with van der Waals surface area (Å²) in [6.45, 7) is 1.75. The van der Waals surface area contributed by atoms with Gasteiger partial charge >= 0.3 is 0 Å². The lowest BCUT2D eigenvalue weighted by molar-refractivity contribution is 0.415. The predicted octanol–water partition coefficient (Wildman–Crippen LogP) is 2.86. The number of methoxy groups -OCH3 is 1. The average molecular weight is 322 g/mol. The van der Waals surface area contributed by atoms with Gasteiger partial charge in [-0.25, -0.2) is 9.97 Å². The van der Waals surface area contributed by atoms with Crippen molar-refractivity contribution in [1.29, 1.82) is 0 Å². The Bertz CT molecular complexity index is 621. The Labute approximate surface area is 135 Å². The van der Waals surface area contributed by atoms with Crippen LogP contribution in [-0.4, -0.2) is 49.2 Å². The third-order valence-electron chi connectivity index (χ3n) is 2.96. The Morgan fingerprint density at radius 2 is 1.95 bits per heavy atom. The molecule has 0 radical (unpaired) electrons. The van der Waals surface area contributed by atoms with E-state index in [0.29, 0.717) is 16.6 Å². The van der Waals surface area contributed by atoms with Crippen LogP contribution in [0.1, 0.15) is 0 Å². The summed E-state index contributed by atoms with van der Waals surface area (Å²) in [4.78, 5) is 10.5. The first-order valence-corrected chi connectivity index (χ1v) is 7.27. The van der Waals surface area contributed by atoms with E-state index < -0.39 is 0 Å². The van der Waals surface area contributed by atoms with Crippen molar-refractivity contribution >= 4 is 28.9 Å². The standard InChI is InChI=1S/C15H20ClN5O/c1-21(2)7-6-17-14-9-15(19-10-18-14)20-11-4-5-13(22-3)12(16)8-11/h4-5,8-10H,6-7H2,1-3H3,(H2,17,18,19,20). The summed E-state index contributed by atoms with van der Waals surface area (Å²) in [5.74, 6) is 2.11. The lowest BCUT2D eigenvalue weighted by Crippen LogP contribution is -2.21. The van der Waals surface area contributed by atoms with Gasteiger partial charge in [-0.1, -0.05) is 11.6 Å². The molecule has 0 saturated carbocycles. The highest BCUT2D eigenvalue weighted by molar-refractivity contribution is 6.32. The normalized spacial score (nSPS) is 10.6. The molecule has 1 aromatic carbocycles. The maximum absolute atomic E-state index is 6.11. The molecule has 0 aliphatic heterocycles. The summed E-state index contributed by atoms with van der Waals surface area (Å²) >= 11 is 6.11. The highest BCUT2D eigenvalue weighted by Crippen LogP contribution is 2.28. The van der Waals surface area contributed by atoms with Crippen LogP contribution in [0.15, 0.2) is 30.6 Å². The molecule has 0 atom stereocenters. The Morgan fingerprint density at radius 3 is 2.64 bits per heavy atom. The number of ether oxygens (including phenoxy) is 1. The minimum atomic E-state index is 0.547. The maximum Gasteiger partial charge on any atom is 0.137 e. The van der Waals surface area contributed by atoms with Gasteiger partial charge < -0.3 is 20.3 Å². The van der Waals surface area contributed by atoms with E-state index in [-0.39, 0.29) is 0 Å². The zero-order valence-electron chi connectivity index (χ0n) is 12.9. The number of nitrogens with zero attached hydrogens (tertiary/aromatic N) is 3. The van der Waals surface area contributed by atoms with Gasteiger partial charge in [-0.2, -0.15) is 0 Å². The predicted molar refractivity (Wildman–Crippen MR) is 90.4 cm³/mol. The SMILES string of the molecule is COc1ccc(Nc2cc(NCCN(C)C)ncn2)cc1Cl. The van der Waals surface area contributed by atoms with Crippen molar-refractivity contribution in [3.05, 3.63) is 35.6 Å². The quantitative estimate of drug-likeness (QED) is 0.817. The first-order valence-electron chi connectivity index (χ1n) is 6.89. The Kier molecular flexibility index (Phi) is 5.80. The third kappa shape index (κ3) is 4.75. The van der Waals surface area contributed by atoms with E-state index in [1.165, 1.54) is 6.33 Å². The monoisotopic (exact) mass is 321 g/mol. The van der Waals surface area contributed by atoms with Crippen molar-refractivity contribution in [3.63, 3.8) is 0 Å². The van der Waals surface area contributed by atoms with Gasteiger partial charge in [0.2, 0.25) is 0 Å². The van der Waals surface area contributed by atoms with E-state index in [2.05, 4.69) is 25.5 Å². The van der Waals surface area contributed by atoms with Crippen molar-refractivity contribution in [1.82, 2.24) is 14.9 Å². The number of halogens is 1. The van der Waals surface area contributed by atoms with Crippen LogP contribution in [0.3, 0.4) is 0 Å². The molecule has 0 bridgehead atoms. The maximum atomic E-state index is 6.11. The number of rotatable bonds is 7. The van der Waals surface area contributed by atoms with Crippen LogP contribution < -0.4 is 15.4 Å². The second-order valence-corrected chi connectivity index (χ2v) is 5.40. The number of hydrogen-bond donors (Lipinski definition) is 2. The van der Waals surface area contributed by atoms with E-state index in [1.807, 2.05) is 32.3 Å². The molecule has 2 aromatic rings. The van der Waals surface area contributed by atoms with Gasteiger partial charge in [0.1, 0.15) is 23.7 Å². The van der Waals surface area contributed by atoms with Gasteiger partial charge in [0.05, 0.1) is 12.1 Å². The minimum absolute atomic E-state index is 0.547. The van der Waals surface area contributed by atoms with Crippen LogP contribution >= 0.6 is 11.6 Å². The number of hydrogen-bond acceptors (Lipinski definition) is 6. The molecule has 0 unspecified atom stereocenters. The number of benzene rings is 1. The molecular formula is C15H20ClN5O. The summed E-state index contributed by atoms with van der Waals surface area (Å²) in [7, 11) is 5.65. The van der Waals surface area contributed by atoms with Crippen LogP contribution in [-0.2, 0) is 0 Å². The fourth-order valence-corrected chi connectivity index (χ4v) is 2.08. The van der Waals surface area contributed by atoms with Gasteiger partial charge in [0.15, 0.2) is 0 Å². The van der Waals surface area contributed by atoms with Crippen LogP contribution in [0.5, 0.6) is 5.75 Å². The Hall–Kier alpha value is -2.05. The average Bonchev–Trinajstić information content (AvgIpc) is 2.47. The van der Waals surface area contributed by atoms with Crippen LogP contribution in [0.25, 0.3) is 0 Å². The van der Waals surface area contributed by atoms with Crippen LogP contribution in [0, 0.1) is 0 Å². The first-order chi connectivity index (χ1) is 10.6. The molecule has 118 valence electrons. The van der Waals surface area contributed by atoms with E-state index in [4.69, 9.17) is 16.3 Å². The molecule has 0 amide bonds. The van der Waals surface area contributed by atoms with Crippen molar-refractivity contribution in [2.75, 3.05) is 44.9 Å². The van der Waals surface area contributed by atoms with Gasteiger partial charge in [-0.05, 0) is 32.3 Å². The van der Waals surface area contributed by atoms with E-state index in [9.17, 15) is 0 Å². The molecule has 22 heavy (non-hydrogen) atoms. The highest BCUT2D eigenvalue weighted by Gasteiger charge is 2.04. The molecule has 0 aliphatic rings. The third-order valence-corrected chi connectivity index (χ3v) is 3.25. The minimum Gasteiger partial charge on any atom is -0.495 e. The summed E-state index contributed by atoms with van der Waals surface area (Å²) in [6.07, 6.45) is 1.52. The molecule has 1 heterocycles. The second-order valence-electron chi connectivity index (χ2n) is 4.99. The topological polar surface area (TPSA) is 62.3 Å². The van der Waals surface area contributed by atoms with Crippen LogP contribution in [0.4, 0.5) is 17.3 Å². The number of nitrogens with one attached hydrogen (secondary N) is 2. The van der Waals surface area contributed by atoms with Gasteiger partial charge in [-0.3, -0.25) is 0 Å². The van der Waals surface area contributed by atoms with E-state index >= 15 is 0 Å². The number of anilines is 3. The van der Waals surface area contributed by atoms with Gasteiger partial charge in [-0.15, -0.1) is 0 Å². The van der Waals surface area contributed by atoms with Crippen LogP contribution in [0.2, 0.25) is 5.02 Å². The molecule has 6 nitrogen and oxygen atoms in total. The second kappa shape index (κ2) is 7.82. The molecule has 2 rings (SSSR count). The number of aromatic nitrogens is 2. The lowest BCUT2D eigenvalue weighted by Gasteiger charge is -2.12. The smallest absolute Gasteiger partial charge is 0.137 e. The van der Waals surface area contributed by atoms with E-state index in [1.54, 1.807) is 13.2 Å². The van der Waals surface area contributed by atoms with Crippen molar-refractivity contribution in [2.24, 2.45) is 0 Å². The van der Waals surface area contributed by atoms with Crippen molar-refractivity contribution in [3.8, 4) is 5.75 Å². The molecule has 0 saturated heterocycles. The summed E-state index contributed by atoms with van der Waals surface area (Å²) < 4.78 is 5.13. The zero-order valence-corrected chi connectivity index (χ0v) is 13.7. The molecule has 0 aliphatic carbocycles. The van der Waals surface area contributed by atoms with Gasteiger partial charge in [0, 0.05) is 24.8 Å². The zero-order chi connectivity index (χ0) is 15.9. The molecule has 0 spiro atoms. The molecule has 0 fully saturated rings. The van der Waals surface area contributed by atoms with E-state index in [0.717, 1.165) is 24.6 Å². The lowest BCUT2D eigenvalue weighted by atomic mass is 10.3. The summed E-state index contributed by atoms with van der Waals surface area (Å²) in [5.41, 5.74) is 0.837. The Balaban J connectivity index is 2.02. The molecule has 7 heteroatoms. The summed E-state index contributed by atoms with van der Waals surface area (Å²) in [6, 6.07) is 7.34.